The lowest BCUT2D eigenvalue weighted by atomic mass is 9.70. The summed E-state index contributed by atoms with van der Waals surface area (Å²) in [5.74, 6) is 3.51. The highest BCUT2D eigenvalue weighted by molar-refractivity contribution is 4.84. The predicted octanol–water partition coefficient (Wildman–Crippen LogP) is 4.56. The van der Waals surface area contributed by atoms with Crippen LogP contribution in [0.3, 0.4) is 0 Å². The molecule has 22 heavy (non-hydrogen) atoms. The molecule has 2 heteroatoms. The van der Waals surface area contributed by atoms with Crippen molar-refractivity contribution in [2.75, 3.05) is 26.2 Å². The lowest BCUT2D eigenvalue weighted by Crippen LogP contribution is -2.40. The van der Waals surface area contributed by atoms with Crippen LogP contribution >= 0.6 is 0 Å². The Morgan fingerprint density at radius 1 is 0.636 bits per heavy atom. The minimum Gasteiger partial charge on any atom is -0.316 e. The summed E-state index contributed by atoms with van der Waals surface area (Å²) in [6.45, 7) is 23.7. The van der Waals surface area contributed by atoms with Gasteiger partial charge in [0.25, 0.3) is 0 Å². The molecule has 2 fully saturated rings. The van der Waals surface area contributed by atoms with Crippen molar-refractivity contribution in [3.63, 3.8) is 0 Å². The van der Waals surface area contributed by atoms with Gasteiger partial charge in [-0.3, -0.25) is 0 Å². The molecule has 2 saturated heterocycles. The highest BCUT2D eigenvalue weighted by atomic mass is 14.9. The van der Waals surface area contributed by atoms with Crippen LogP contribution in [0.25, 0.3) is 0 Å². The zero-order valence-electron chi connectivity index (χ0n) is 16.6. The topological polar surface area (TPSA) is 24.1 Å². The van der Waals surface area contributed by atoms with Crippen molar-refractivity contribution in [2.24, 2.45) is 34.5 Å². The highest BCUT2D eigenvalue weighted by Crippen LogP contribution is 2.36. The number of rotatable bonds is 0. The molecule has 2 unspecified atom stereocenters. The number of hydrogen-bond donors (Lipinski definition) is 2. The lowest BCUT2D eigenvalue weighted by Gasteiger charge is -2.39. The van der Waals surface area contributed by atoms with E-state index in [1.54, 1.807) is 0 Å². The van der Waals surface area contributed by atoms with Crippen LogP contribution in [0.2, 0.25) is 0 Å². The van der Waals surface area contributed by atoms with Crippen LogP contribution < -0.4 is 10.6 Å². The molecule has 2 heterocycles. The van der Waals surface area contributed by atoms with Gasteiger partial charge in [-0.05, 0) is 73.5 Å². The first-order valence-electron chi connectivity index (χ1n) is 9.45. The summed E-state index contributed by atoms with van der Waals surface area (Å²) >= 11 is 0. The molecule has 2 rings (SSSR count). The number of piperidine rings is 2. The molecule has 2 nitrogen and oxygen atoms in total. The molecule has 2 N–H and O–H groups in total. The summed E-state index contributed by atoms with van der Waals surface area (Å²) in [7, 11) is 0. The molecule has 0 spiro atoms. The van der Waals surface area contributed by atoms with E-state index in [1.807, 2.05) is 0 Å². The lowest BCUT2D eigenvalue weighted by molar-refractivity contribution is 0.130. The van der Waals surface area contributed by atoms with E-state index < -0.39 is 0 Å². The van der Waals surface area contributed by atoms with Crippen LogP contribution in [0.15, 0.2) is 0 Å². The molecule has 0 radical (unpaired) electrons. The van der Waals surface area contributed by atoms with Gasteiger partial charge in [-0.2, -0.15) is 0 Å². The van der Waals surface area contributed by atoms with E-state index in [9.17, 15) is 0 Å². The van der Waals surface area contributed by atoms with Gasteiger partial charge in [0.15, 0.2) is 0 Å². The Kier molecular flexibility index (Phi) is 7.39. The normalized spacial score (nSPS) is 33.8. The summed E-state index contributed by atoms with van der Waals surface area (Å²) in [6, 6.07) is 0. The second kappa shape index (κ2) is 8.15. The van der Waals surface area contributed by atoms with Crippen molar-refractivity contribution in [3.05, 3.63) is 0 Å². The first-order chi connectivity index (χ1) is 10.0. The summed E-state index contributed by atoms with van der Waals surface area (Å²) in [5, 5.41) is 6.87. The van der Waals surface area contributed by atoms with Crippen LogP contribution in [-0.2, 0) is 0 Å². The van der Waals surface area contributed by atoms with Crippen LogP contribution in [-0.4, -0.2) is 26.2 Å². The number of nitrogens with one attached hydrogen (secondary N) is 2. The Bertz CT molecular complexity index is 279. The molecular weight excluding hydrogens is 268 g/mol. The first-order valence-corrected chi connectivity index (χ1v) is 9.45. The standard InChI is InChI=1S/2C10H21N/c2*1-8-7-11-6-5-9(8)10(2,3)4/h2*8-9,11H,5-7H2,1-4H3/t2*8-,9?/m10/s1. The first kappa shape index (κ1) is 20.0. The van der Waals surface area contributed by atoms with E-state index in [0.29, 0.717) is 10.8 Å². The quantitative estimate of drug-likeness (QED) is 0.685. The molecule has 132 valence electrons. The van der Waals surface area contributed by atoms with Gasteiger partial charge in [-0.25, -0.2) is 0 Å². The maximum Gasteiger partial charge on any atom is -0.00203 e. The van der Waals surface area contributed by atoms with Crippen molar-refractivity contribution < 1.29 is 0 Å². The van der Waals surface area contributed by atoms with Gasteiger partial charge in [-0.1, -0.05) is 55.4 Å². The summed E-state index contributed by atoms with van der Waals surface area (Å²) in [5.41, 5.74) is 1.00. The summed E-state index contributed by atoms with van der Waals surface area (Å²) in [6.07, 6.45) is 2.70. The largest absolute Gasteiger partial charge is 0.316 e. The zero-order valence-corrected chi connectivity index (χ0v) is 16.6. The van der Waals surface area contributed by atoms with E-state index >= 15 is 0 Å². The Balaban J connectivity index is 0.000000220. The summed E-state index contributed by atoms with van der Waals surface area (Å²) in [4.78, 5) is 0. The third-order valence-electron chi connectivity index (χ3n) is 5.80. The monoisotopic (exact) mass is 310 g/mol. The Morgan fingerprint density at radius 3 is 1.14 bits per heavy atom. The van der Waals surface area contributed by atoms with Crippen LogP contribution in [0.1, 0.15) is 68.2 Å². The Hall–Kier alpha value is -0.0800. The zero-order chi connectivity index (χ0) is 17.0. The Morgan fingerprint density at radius 2 is 0.955 bits per heavy atom. The average Bonchev–Trinajstić information content (AvgIpc) is 2.37. The van der Waals surface area contributed by atoms with Crippen molar-refractivity contribution in [3.8, 4) is 0 Å². The van der Waals surface area contributed by atoms with Crippen molar-refractivity contribution in [2.45, 2.75) is 68.2 Å². The van der Waals surface area contributed by atoms with E-state index in [0.717, 1.165) is 23.7 Å². The van der Waals surface area contributed by atoms with Gasteiger partial charge in [0.2, 0.25) is 0 Å². The molecule has 0 bridgehead atoms. The maximum atomic E-state index is 3.44. The molecule has 0 amide bonds. The van der Waals surface area contributed by atoms with Crippen LogP contribution in [0.4, 0.5) is 0 Å². The molecule has 0 aromatic heterocycles. The van der Waals surface area contributed by atoms with Gasteiger partial charge < -0.3 is 10.6 Å². The second-order valence-corrected chi connectivity index (χ2v) is 9.89. The Labute approximate surface area is 140 Å². The van der Waals surface area contributed by atoms with Crippen molar-refractivity contribution in [1.29, 1.82) is 0 Å². The van der Waals surface area contributed by atoms with Crippen LogP contribution in [0, 0.1) is 34.5 Å². The minimum absolute atomic E-state index is 0.502. The van der Waals surface area contributed by atoms with Crippen LogP contribution in [0.5, 0.6) is 0 Å². The van der Waals surface area contributed by atoms with Crippen molar-refractivity contribution in [1.82, 2.24) is 10.6 Å². The molecule has 2 aliphatic rings. The highest BCUT2D eigenvalue weighted by Gasteiger charge is 2.31. The fourth-order valence-electron chi connectivity index (χ4n) is 4.60. The van der Waals surface area contributed by atoms with E-state index in [-0.39, 0.29) is 0 Å². The third-order valence-corrected chi connectivity index (χ3v) is 5.80. The molecular formula is C20H42N2. The second-order valence-electron chi connectivity index (χ2n) is 9.89. The molecule has 0 aromatic carbocycles. The van der Waals surface area contributed by atoms with Gasteiger partial charge in [0, 0.05) is 0 Å². The molecule has 0 saturated carbocycles. The van der Waals surface area contributed by atoms with E-state index in [4.69, 9.17) is 0 Å². The predicted molar refractivity (Wildman–Crippen MR) is 99.2 cm³/mol. The molecule has 2 aliphatic heterocycles. The average molecular weight is 311 g/mol. The van der Waals surface area contributed by atoms with Gasteiger partial charge in [-0.15, -0.1) is 0 Å². The van der Waals surface area contributed by atoms with Gasteiger partial charge >= 0.3 is 0 Å². The smallest absolute Gasteiger partial charge is 0.00203 e. The SMILES string of the molecule is C[C@@H]1CNCCC1C(C)(C)C.C[C@H]1CNCCC1C(C)(C)C. The summed E-state index contributed by atoms with van der Waals surface area (Å²) < 4.78 is 0. The van der Waals surface area contributed by atoms with E-state index in [2.05, 4.69) is 66.0 Å². The van der Waals surface area contributed by atoms with Crippen molar-refractivity contribution >= 4 is 0 Å². The fraction of sp³-hybridized carbons (Fsp3) is 1.00. The molecule has 0 aromatic rings. The van der Waals surface area contributed by atoms with Gasteiger partial charge in [0.05, 0.1) is 0 Å². The molecule has 4 atom stereocenters. The molecule has 0 aliphatic carbocycles. The minimum atomic E-state index is 0.502. The number of hydrogen-bond acceptors (Lipinski definition) is 2. The fourth-order valence-corrected chi connectivity index (χ4v) is 4.60. The van der Waals surface area contributed by atoms with Gasteiger partial charge in [0.1, 0.15) is 0 Å². The van der Waals surface area contributed by atoms with E-state index in [1.165, 1.54) is 39.0 Å². The maximum absolute atomic E-state index is 3.44. The third kappa shape index (κ3) is 6.20.